The highest BCUT2D eigenvalue weighted by atomic mass is 16.5. The second-order valence-electron chi connectivity index (χ2n) is 8.86. The third-order valence-electron chi connectivity index (χ3n) is 6.68. The van der Waals surface area contributed by atoms with E-state index in [4.69, 9.17) is 9.84 Å². The zero-order valence-corrected chi connectivity index (χ0v) is 20.1. The summed E-state index contributed by atoms with van der Waals surface area (Å²) < 4.78 is 7.03. The largest absolute Gasteiger partial charge is 0.497 e. The molecule has 8 heteroatoms. The number of piperidine rings is 1. The summed E-state index contributed by atoms with van der Waals surface area (Å²) in [6.07, 6.45) is 2.62. The number of fused-ring (bicyclic) bond motifs is 1. The van der Waals surface area contributed by atoms with Gasteiger partial charge in [0.25, 0.3) is 0 Å². The van der Waals surface area contributed by atoms with Gasteiger partial charge in [-0.2, -0.15) is 4.52 Å². The quantitative estimate of drug-likeness (QED) is 0.441. The molecular formula is C27H30N6O2. The average Bonchev–Trinajstić information content (AvgIpc) is 3.35. The molecule has 0 atom stereocenters. The number of amides is 1. The molecule has 3 heterocycles. The van der Waals surface area contributed by atoms with Crippen molar-refractivity contribution in [3.05, 3.63) is 71.8 Å². The Morgan fingerprint density at radius 3 is 2.37 bits per heavy atom. The van der Waals surface area contributed by atoms with E-state index in [2.05, 4.69) is 51.6 Å². The molecule has 1 aliphatic rings. The van der Waals surface area contributed by atoms with E-state index in [1.807, 2.05) is 36.4 Å². The maximum atomic E-state index is 12.8. The van der Waals surface area contributed by atoms with Crippen molar-refractivity contribution in [2.75, 3.05) is 25.1 Å². The molecule has 1 amide bonds. The molecule has 0 bridgehead atoms. The van der Waals surface area contributed by atoms with Gasteiger partial charge in [0.1, 0.15) is 11.6 Å². The molecule has 5 rings (SSSR count). The summed E-state index contributed by atoms with van der Waals surface area (Å²) in [7, 11) is 1.65. The van der Waals surface area contributed by atoms with Crippen molar-refractivity contribution in [1.29, 1.82) is 0 Å². The molecule has 0 saturated carbocycles. The fourth-order valence-corrected chi connectivity index (χ4v) is 4.47. The summed E-state index contributed by atoms with van der Waals surface area (Å²) in [4.78, 5) is 15.0. The Balaban J connectivity index is 1.21. The summed E-state index contributed by atoms with van der Waals surface area (Å²) in [5, 5.41) is 16.5. The molecule has 1 aliphatic heterocycles. The number of ether oxygens (including phenoxy) is 1. The van der Waals surface area contributed by atoms with Gasteiger partial charge in [-0.1, -0.05) is 31.2 Å². The lowest BCUT2D eigenvalue weighted by molar-refractivity contribution is -0.125. The number of nitrogens with one attached hydrogen (secondary N) is 1. The topological polar surface area (TPSA) is 84.7 Å². The molecule has 1 saturated heterocycles. The summed E-state index contributed by atoms with van der Waals surface area (Å²) in [5.41, 5.74) is 4.05. The molecule has 0 unspecified atom stereocenters. The lowest BCUT2D eigenvalue weighted by Crippen LogP contribution is -2.40. The molecule has 2 aromatic heterocycles. The molecule has 0 spiro atoms. The van der Waals surface area contributed by atoms with Gasteiger partial charge in [0.15, 0.2) is 11.5 Å². The minimum atomic E-state index is 0.0228. The van der Waals surface area contributed by atoms with Crippen molar-refractivity contribution >= 4 is 17.4 Å². The first-order valence-corrected chi connectivity index (χ1v) is 12.1. The summed E-state index contributed by atoms with van der Waals surface area (Å²) in [5.74, 6) is 2.49. The van der Waals surface area contributed by atoms with Crippen LogP contribution in [0.4, 0.5) is 5.82 Å². The van der Waals surface area contributed by atoms with Crippen molar-refractivity contribution in [3.8, 4) is 17.1 Å². The summed E-state index contributed by atoms with van der Waals surface area (Å²) in [6.45, 7) is 4.27. The number of hydrogen-bond acceptors (Lipinski definition) is 6. The first-order valence-electron chi connectivity index (χ1n) is 12.1. The van der Waals surface area contributed by atoms with Crippen LogP contribution >= 0.6 is 0 Å². The Hall–Kier alpha value is -3.94. The first-order chi connectivity index (χ1) is 17.1. The van der Waals surface area contributed by atoms with Gasteiger partial charge in [-0.25, -0.2) is 0 Å². The van der Waals surface area contributed by atoms with Gasteiger partial charge in [-0.05, 0) is 66.8 Å². The van der Waals surface area contributed by atoms with Gasteiger partial charge in [0.05, 0.1) is 7.11 Å². The molecule has 180 valence electrons. The smallest absolute Gasteiger partial charge is 0.223 e. The minimum absolute atomic E-state index is 0.0228. The van der Waals surface area contributed by atoms with Crippen molar-refractivity contribution < 1.29 is 9.53 Å². The number of hydrogen-bond donors (Lipinski definition) is 1. The number of aromatic nitrogens is 4. The third kappa shape index (κ3) is 4.96. The summed E-state index contributed by atoms with van der Waals surface area (Å²) in [6, 6.07) is 20.0. The number of benzene rings is 2. The van der Waals surface area contributed by atoms with Crippen LogP contribution in [0.2, 0.25) is 0 Å². The van der Waals surface area contributed by atoms with E-state index in [-0.39, 0.29) is 11.8 Å². The zero-order chi connectivity index (χ0) is 24.2. The molecule has 0 aliphatic carbocycles. The third-order valence-corrected chi connectivity index (χ3v) is 6.68. The van der Waals surface area contributed by atoms with E-state index >= 15 is 0 Å². The summed E-state index contributed by atoms with van der Waals surface area (Å²) >= 11 is 0. The number of nitrogens with zero attached hydrogens (tertiary/aromatic N) is 5. The van der Waals surface area contributed by atoms with Crippen molar-refractivity contribution in [1.82, 2.24) is 25.1 Å². The highest BCUT2D eigenvalue weighted by Crippen LogP contribution is 2.25. The molecule has 8 nitrogen and oxygen atoms in total. The molecular weight excluding hydrogens is 440 g/mol. The Bertz CT molecular complexity index is 1290. The van der Waals surface area contributed by atoms with Crippen LogP contribution in [-0.4, -0.2) is 45.9 Å². The maximum Gasteiger partial charge on any atom is 0.223 e. The van der Waals surface area contributed by atoms with Crippen LogP contribution in [0.5, 0.6) is 5.75 Å². The second kappa shape index (κ2) is 10.1. The second-order valence-corrected chi connectivity index (χ2v) is 8.86. The number of aryl methyl sites for hydroxylation is 1. The van der Waals surface area contributed by atoms with Crippen LogP contribution in [0, 0.1) is 5.92 Å². The van der Waals surface area contributed by atoms with Gasteiger partial charge in [-0.15, -0.1) is 15.3 Å². The lowest BCUT2D eigenvalue weighted by Gasteiger charge is -2.32. The van der Waals surface area contributed by atoms with E-state index < -0.39 is 0 Å². The number of methoxy groups -OCH3 is 1. The molecule has 0 radical (unpaired) electrons. The van der Waals surface area contributed by atoms with Crippen molar-refractivity contribution in [2.24, 2.45) is 5.92 Å². The molecule has 1 fully saturated rings. The number of carbonyl (C=O) groups is 1. The van der Waals surface area contributed by atoms with Crippen molar-refractivity contribution in [3.63, 3.8) is 0 Å². The zero-order valence-electron chi connectivity index (χ0n) is 20.1. The molecule has 4 aromatic rings. The number of rotatable bonds is 7. The Morgan fingerprint density at radius 1 is 0.971 bits per heavy atom. The SMILES string of the molecule is CCc1ccc(CNC(=O)C2CCN(c3ccc4nnc(-c5ccc(OC)cc5)n4n3)CC2)cc1. The Labute approximate surface area is 204 Å². The van der Waals surface area contributed by atoms with E-state index in [1.165, 1.54) is 5.56 Å². The standard InChI is InChI=1S/C27H30N6O2/c1-3-19-4-6-20(7-5-19)18-28-27(34)22-14-16-32(17-15-22)25-13-12-24-29-30-26(33(24)31-25)21-8-10-23(35-2)11-9-21/h4-13,22H,3,14-18H2,1-2H3,(H,28,34). The monoisotopic (exact) mass is 470 g/mol. The number of anilines is 1. The van der Waals surface area contributed by atoms with E-state index in [1.54, 1.807) is 11.6 Å². The normalized spacial score (nSPS) is 14.3. The maximum absolute atomic E-state index is 12.8. The van der Waals surface area contributed by atoms with Crippen LogP contribution < -0.4 is 15.0 Å². The Kier molecular flexibility index (Phi) is 6.61. The molecule has 2 aromatic carbocycles. The van der Waals surface area contributed by atoms with E-state index in [9.17, 15) is 4.79 Å². The van der Waals surface area contributed by atoms with Gasteiger partial charge in [-0.3, -0.25) is 4.79 Å². The van der Waals surface area contributed by atoms with Gasteiger partial charge >= 0.3 is 0 Å². The average molecular weight is 471 g/mol. The highest BCUT2D eigenvalue weighted by molar-refractivity contribution is 5.79. The van der Waals surface area contributed by atoms with Crippen molar-refractivity contribution in [2.45, 2.75) is 32.7 Å². The predicted octanol–water partition coefficient (Wildman–Crippen LogP) is 3.90. The fourth-order valence-electron chi connectivity index (χ4n) is 4.47. The highest BCUT2D eigenvalue weighted by Gasteiger charge is 2.26. The van der Waals surface area contributed by atoms with Gasteiger partial charge in [0, 0.05) is 31.1 Å². The van der Waals surface area contributed by atoms with Gasteiger partial charge < -0.3 is 15.0 Å². The first kappa shape index (κ1) is 22.8. The van der Waals surface area contributed by atoms with E-state index in [0.29, 0.717) is 18.0 Å². The fraction of sp³-hybridized carbons (Fsp3) is 0.333. The molecule has 35 heavy (non-hydrogen) atoms. The molecule has 1 N–H and O–H groups in total. The van der Waals surface area contributed by atoms with Crippen LogP contribution in [0.3, 0.4) is 0 Å². The van der Waals surface area contributed by atoms with Crippen LogP contribution in [0.25, 0.3) is 17.0 Å². The Morgan fingerprint density at radius 2 is 1.69 bits per heavy atom. The van der Waals surface area contributed by atoms with E-state index in [0.717, 1.165) is 55.0 Å². The predicted molar refractivity (Wildman–Crippen MR) is 135 cm³/mol. The minimum Gasteiger partial charge on any atom is -0.497 e. The van der Waals surface area contributed by atoms with Crippen LogP contribution in [0.15, 0.2) is 60.7 Å². The van der Waals surface area contributed by atoms with Gasteiger partial charge in [0.2, 0.25) is 5.91 Å². The number of carbonyl (C=O) groups excluding carboxylic acids is 1. The van der Waals surface area contributed by atoms with Crippen LogP contribution in [0.1, 0.15) is 30.9 Å². The lowest BCUT2D eigenvalue weighted by atomic mass is 9.96. The van der Waals surface area contributed by atoms with Crippen LogP contribution in [-0.2, 0) is 17.8 Å².